The molecule has 0 aromatic heterocycles. The zero-order chi connectivity index (χ0) is 14.8. The van der Waals surface area contributed by atoms with Crippen LogP contribution in [0.4, 0.5) is 10.5 Å². The van der Waals surface area contributed by atoms with Gasteiger partial charge in [0.2, 0.25) is 5.91 Å². The molecule has 112 valence electrons. The van der Waals surface area contributed by atoms with Gasteiger partial charge in [-0.15, -0.1) is 0 Å². The third-order valence-corrected chi connectivity index (χ3v) is 4.19. The van der Waals surface area contributed by atoms with Crippen molar-refractivity contribution in [1.29, 1.82) is 0 Å². The van der Waals surface area contributed by atoms with E-state index >= 15 is 0 Å². The van der Waals surface area contributed by atoms with Crippen molar-refractivity contribution in [3.63, 3.8) is 0 Å². The summed E-state index contributed by atoms with van der Waals surface area (Å²) >= 11 is 0. The molecule has 2 heterocycles. The predicted molar refractivity (Wildman–Crippen MR) is 79.6 cm³/mol. The number of rotatable bonds is 3. The van der Waals surface area contributed by atoms with Crippen LogP contribution in [0, 0.1) is 0 Å². The van der Waals surface area contributed by atoms with Crippen molar-refractivity contribution in [1.82, 2.24) is 15.1 Å². The van der Waals surface area contributed by atoms with Crippen molar-refractivity contribution in [2.24, 2.45) is 0 Å². The second-order valence-corrected chi connectivity index (χ2v) is 5.61. The van der Waals surface area contributed by atoms with E-state index in [4.69, 9.17) is 5.73 Å². The number of aryl methyl sites for hydroxylation is 1. The van der Waals surface area contributed by atoms with Crippen LogP contribution in [0.5, 0.6) is 0 Å². The van der Waals surface area contributed by atoms with Gasteiger partial charge in [0, 0.05) is 38.3 Å². The van der Waals surface area contributed by atoms with Gasteiger partial charge in [-0.3, -0.25) is 4.79 Å². The highest BCUT2D eigenvalue weighted by atomic mass is 16.2. The van der Waals surface area contributed by atoms with Crippen molar-refractivity contribution in [2.45, 2.75) is 18.9 Å². The summed E-state index contributed by atoms with van der Waals surface area (Å²) in [6, 6.07) is 7.75. The molecule has 1 unspecified atom stereocenters. The standard InChI is InChI=1S/C15H20N4O2/c16-12-4-1-11(2-5-12)3-6-14(20)18-7-8-19-13(10-18)9-17-15(19)21/h1-2,4-5,13H,3,6-10,16H2,(H,17,21). The minimum atomic E-state index is -0.00558. The molecule has 1 atom stereocenters. The molecule has 6 heteroatoms. The quantitative estimate of drug-likeness (QED) is 0.792. The van der Waals surface area contributed by atoms with Gasteiger partial charge in [-0.05, 0) is 24.1 Å². The molecule has 3 N–H and O–H groups in total. The summed E-state index contributed by atoms with van der Waals surface area (Å²) in [5.41, 5.74) is 7.50. The highest BCUT2D eigenvalue weighted by Crippen LogP contribution is 2.16. The van der Waals surface area contributed by atoms with Crippen molar-refractivity contribution in [3.8, 4) is 0 Å². The van der Waals surface area contributed by atoms with Crippen LogP contribution in [0.3, 0.4) is 0 Å². The first-order valence-electron chi connectivity index (χ1n) is 7.30. The fourth-order valence-corrected chi connectivity index (χ4v) is 2.92. The first-order chi connectivity index (χ1) is 10.1. The number of urea groups is 1. The van der Waals surface area contributed by atoms with E-state index in [1.54, 1.807) is 0 Å². The van der Waals surface area contributed by atoms with Gasteiger partial charge in [0.05, 0.1) is 6.04 Å². The molecule has 3 amide bonds. The number of amides is 3. The van der Waals surface area contributed by atoms with E-state index in [1.807, 2.05) is 34.1 Å². The summed E-state index contributed by atoms with van der Waals surface area (Å²) in [6.45, 7) is 2.54. The third-order valence-electron chi connectivity index (χ3n) is 4.19. The summed E-state index contributed by atoms with van der Waals surface area (Å²) < 4.78 is 0. The molecule has 0 spiro atoms. The van der Waals surface area contributed by atoms with Gasteiger partial charge in [0.25, 0.3) is 0 Å². The van der Waals surface area contributed by atoms with Crippen LogP contribution in [-0.2, 0) is 11.2 Å². The van der Waals surface area contributed by atoms with Crippen LogP contribution in [0.2, 0.25) is 0 Å². The smallest absolute Gasteiger partial charge is 0.317 e. The number of nitrogens with two attached hydrogens (primary N) is 1. The van der Waals surface area contributed by atoms with Crippen LogP contribution >= 0.6 is 0 Å². The molecule has 1 aromatic carbocycles. The Morgan fingerprint density at radius 1 is 1.29 bits per heavy atom. The molecular formula is C15H20N4O2. The maximum Gasteiger partial charge on any atom is 0.317 e. The lowest BCUT2D eigenvalue weighted by molar-refractivity contribution is -0.133. The Labute approximate surface area is 123 Å². The van der Waals surface area contributed by atoms with Crippen LogP contribution in [-0.4, -0.2) is 54.0 Å². The number of nitrogens with one attached hydrogen (secondary N) is 1. The van der Waals surface area contributed by atoms with Gasteiger partial charge in [-0.25, -0.2) is 4.79 Å². The van der Waals surface area contributed by atoms with Gasteiger partial charge in [-0.1, -0.05) is 12.1 Å². The number of carbonyl (C=O) groups is 2. The van der Waals surface area contributed by atoms with Crippen molar-refractivity contribution >= 4 is 17.6 Å². The first-order valence-corrected chi connectivity index (χ1v) is 7.30. The molecule has 2 aliphatic heterocycles. The fourth-order valence-electron chi connectivity index (χ4n) is 2.92. The Balaban J connectivity index is 1.52. The minimum Gasteiger partial charge on any atom is -0.399 e. The molecule has 2 fully saturated rings. The Morgan fingerprint density at radius 3 is 2.81 bits per heavy atom. The summed E-state index contributed by atoms with van der Waals surface area (Å²) in [5.74, 6) is 0.158. The van der Waals surface area contributed by atoms with Crippen LogP contribution in [0.1, 0.15) is 12.0 Å². The second kappa shape index (κ2) is 5.63. The minimum absolute atomic E-state index is 0.00558. The van der Waals surface area contributed by atoms with E-state index in [0.717, 1.165) is 17.7 Å². The summed E-state index contributed by atoms with van der Waals surface area (Å²) in [6.07, 6.45) is 1.22. The van der Waals surface area contributed by atoms with E-state index in [9.17, 15) is 9.59 Å². The molecule has 2 saturated heterocycles. The van der Waals surface area contributed by atoms with E-state index in [1.165, 1.54) is 0 Å². The second-order valence-electron chi connectivity index (χ2n) is 5.61. The number of hydrogen-bond acceptors (Lipinski definition) is 3. The number of hydrogen-bond donors (Lipinski definition) is 2. The molecule has 21 heavy (non-hydrogen) atoms. The normalized spacial score (nSPS) is 21.1. The summed E-state index contributed by atoms with van der Waals surface area (Å²) in [5, 5.41) is 2.82. The van der Waals surface area contributed by atoms with Gasteiger partial charge in [0.15, 0.2) is 0 Å². The molecule has 2 aliphatic rings. The van der Waals surface area contributed by atoms with Crippen molar-refractivity contribution in [3.05, 3.63) is 29.8 Å². The first kappa shape index (κ1) is 13.7. The molecule has 0 saturated carbocycles. The van der Waals surface area contributed by atoms with Gasteiger partial charge in [0.1, 0.15) is 0 Å². The lowest BCUT2D eigenvalue weighted by Gasteiger charge is -2.36. The lowest BCUT2D eigenvalue weighted by atomic mass is 10.1. The Bertz CT molecular complexity index is 543. The number of nitrogen functional groups attached to an aromatic ring is 1. The molecular weight excluding hydrogens is 268 g/mol. The number of anilines is 1. The highest BCUT2D eigenvalue weighted by Gasteiger charge is 2.36. The molecule has 3 rings (SSSR count). The zero-order valence-electron chi connectivity index (χ0n) is 11.9. The molecule has 0 radical (unpaired) electrons. The van der Waals surface area contributed by atoms with Gasteiger partial charge in [-0.2, -0.15) is 0 Å². The monoisotopic (exact) mass is 288 g/mol. The van der Waals surface area contributed by atoms with E-state index in [-0.39, 0.29) is 18.0 Å². The number of benzene rings is 1. The fraction of sp³-hybridized carbons (Fsp3) is 0.467. The van der Waals surface area contributed by atoms with E-state index < -0.39 is 0 Å². The molecule has 6 nitrogen and oxygen atoms in total. The lowest BCUT2D eigenvalue weighted by Crippen LogP contribution is -2.53. The van der Waals surface area contributed by atoms with Crippen LogP contribution in [0.15, 0.2) is 24.3 Å². The predicted octanol–water partition coefficient (Wildman–Crippen LogP) is 0.437. The van der Waals surface area contributed by atoms with Crippen LogP contribution in [0.25, 0.3) is 0 Å². The maximum atomic E-state index is 12.3. The highest BCUT2D eigenvalue weighted by molar-refractivity contribution is 5.79. The number of fused-ring (bicyclic) bond motifs is 1. The number of nitrogens with zero attached hydrogens (tertiary/aromatic N) is 2. The topological polar surface area (TPSA) is 78.7 Å². The maximum absolute atomic E-state index is 12.3. The SMILES string of the molecule is Nc1ccc(CCC(=O)N2CCN3C(=O)NCC3C2)cc1. The molecule has 0 aliphatic carbocycles. The summed E-state index contributed by atoms with van der Waals surface area (Å²) in [4.78, 5) is 27.5. The van der Waals surface area contributed by atoms with Crippen molar-refractivity contribution < 1.29 is 9.59 Å². The number of piperazine rings is 1. The Kier molecular flexibility index (Phi) is 3.68. The van der Waals surface area contributed by atoms with Crippen molar-refractivity contribution in [2.75, 3.05) is 31.9 Å². The van der Waals surface area contributed by atoms with E-state index in [2.05, 4.69) is 5.32 Å². The average molecular weight is 288 g/mol. The summed E-state index contributed by atoms with van der Waals surface area (Å²) in [7, 11) is 0. The zero-order valence-corrected chi connectivity index (χ0v) is 11.9. The molecule has 1 aromatic rings. The largest absolute Gasteiger partial charge is 0.399 e. The Morgan fingerprint density at radius 2 is 2.05 bits per heavy atom. The third kappa shape index (κ3) is 2.94. The van der Waals surface area contributed by atoms with Gasteiger partial charge < -0.3 is 20.9 Å². The number of carbonyl (C=O) groups excluding carboxylic acids is 2. The molecule has 0 bridgehead atoms. The van der Waals surface area contributed by atoms with E-state index in [0.29, 0.717) is 32.6 Å². The van der Waals surface area contributed by atoms with Crippen LogP contribution < -0.4 is 11.1 Å². The Hall–Kier alpha value is -2.24. The average Bonchev–Trinajstić information content (AvgIpc) is 2.87. The van der Waals surface area contributed by atoms with Gasteiger partial charge >= 0.3 is 6.03 Å².